The van der Waals surface area contributed by atoms with E-state index in [2.05, 4.69) is 0 Å². The second kappa shape index (κ2) is 5.40. The Morgan fingerprint density at radius 3 is 2.68 bits per heavy atom. The van der Waals surface area contributed by atoms with Gasteiger partial charge in [0.1, 0.15) is 6.61 Å². The lowest BCUT2D eigenvalue weighted by Crippen LogP contribution is -2.47. The zero-order chi connectivity index (χ0) is 17.8. The minimum absolute atomic E-state index is 0.134. The molecule has 0 aliphatic carbocycles. The van der Waals surface area contributed by atoms with E-state index in [1.54, 1.807) is 17.6 Å². The third-order valence-electron chi connectivity index (χ3n) is 5.14. The summed E-state index contributed by atoms with van der Waals surface area (Å²) in [6.45, 7) is 4.14. The maximum atomic E-state index is 13.0. The topological polar surface area (TPSA) is 93.1 Å². The predicted molar refractivity (Wildman–Crippen MR) is 82.4 cm³/mol. The Labute approximate surface area is 143 Å². The molecule has 1 spiro atoms. The van der Waals surface area contributed by atoms with Gasteiger partial charge in [-0.1, -0.05) is 6.92 Å². The van der Waals surface area contributed by atoms with Crippen LogP contribution in [0.25, 0.3) is 0 Å². The summed E-state index contributed by atoms with van der Waals surface area (Å²) in [4.78, 5) is 37.1. The molecule has 1 fully saturated rings. The summed E-state index contributed by atoms with van der Waals surface area (Å²) in [5.41, 5.74) is -0.606. The van der Waals surface area contributed by atoms with E-state index in [4.69, 9.17) is 18.9 Å². The second-order valence-corrected chi connectivity index (χ2v) is 6.43. The van der Waals surface area contributed by atoms with E-state index < -0.39 is 23.3 Å². The summed E-state index contributed by atoms with van der Waals surface area (Å²) in [5, 5.41) is 0. The van der Waals surface area contributed by atoms with Gasteiger partial charge in [0.05, 0.1) is 24.5 Å². The lowest BCUT2D eigenvalue weighted by atomic mass is 9.85. The van der Waals surface area contributed by atoms with Crippen molar-refractivity contribution in [3.63, 3.8) is 0 Å². The van der Waals surface area contributed by atoms with Crippen molar-refractivity contribution in [1.29, 1.82) is 0 Å². The Balaban J connectivity index is 1.97. The van der Waals surface area contributed by atoms with Crippen molar-refractivity contribution < 1.29 is 28.5 Å². The van der Waals surface area contributed by atoms with E-state index in [9.17, 15) is 14.4 Å². The van der Waals surface area contributed by atoms with Crippen LogP contribution in [-0.4, -0.2) is 29.7 Å². The van der Waals surface area contributed by atoms with Crippen molar-refractivity contribution >= 4 is 11.9 Å². The summed E-state index contributed by atoms with van der Waals surface area (Å²) in [7, 11) is 0. The SMILES string of the molecule is CC[C@@]1(OC(C)=O)C(=O)OCc2c1cc1n(c2=O)CCC12OCCO2. The van der Waals surface area contributed by atoms with Gasteiger partial charge in [-0.2, -0.15) is 0 Å². The fourth-order valence-electron chi connectivity index (χ4n) is 3.97. The monoisotopic (exact) mass is 349 g/mol. The molecular weight excluding hydrogens is 330 g/mol. The zero-order valence-electron chi connectivity index (χ0n) is 14.1. The number of hydrogen-bond donors (Lipinski definition) is 0. The molecule has 3 aliphatic heterocycles. The lowest BCUT2D eigenvalue weighted by molar-refractivity contribution is -0.188. The summed E-state index contributed by atoms with van der Waals surface area (Å²) >= 11 is 0. The van der Waals surface area contributed by atoms with Crippen LogP contribution in [0.15, 0.2) is 10.9 Å². The number of aromatic nitrogens is 1. The molecule has 0 saturated carbocycles. The minimum atomic E-state index is -1.61. The quantitative estimate of drug-likeness (QED) is 0.725. The van der Waals surface area contributed by atoms with Crippen LogP contribution in [0, 0.1) is 0 Å². The maximum Gasteiger partial charge on any atom is 0.355 e. The first kappa shape index (κ1) is 16.3. The standard InChI is InChI=1S/C17H19NO7/c1-3-16(25-10(2)19)12-8-13-17(23-6-7-24-17)4-5-18(13)14(20)11(12)9-22-15(16)21/h8H,3-7,9H2,1-2H3/t16-/m0/s1. The molecule has 0 amide bonds. The van der Waals surface area contributed by atoms with Gasteiger partial charge in [0, 0.05) is 25.5 Å². The molecule has 4 rings (SSSR count). The van der Waals surface area contributed by atoms with Crippen molar-refractivity contribution in [2.45, 2.75) is 51.2 Å². The van der Waals surface area contributed by atoms with E-state index in [1.807, 2.05) is 0 Å². The number of rotatable bonds is 2. The number of hydrogen-bond acceptors (Lipinski definition) is 7. The fourth-order valence-corrected chi connectivity index (χ4v) is 3.97. The van der Waals surface area contributed by atoms with E-state index in [1.165, 1.54) is 6.92 Å². The van der Waals surface area contributed by atoms with Crippen molar-refractivity contribution in [3.05, 3.63) is 33.2 Å². The smallest absolute Gasteiger partial charge is 0.355 e. The summed E-state index contributed by atoms with van der Waals surface area (Å²) in [6, 6.07) is 1.71. The average Bonchev–Trinajstić information content (AvgIpc) is 3.19. The first-order valence-corrected chi connectivity index (χ1v) is 8.36. The number of ether oxygens (including phenoxy) is 4. The first-order valence-electron chi connectivity index (χ1n) is 8.36. The van der Waals surface area contributed by atoms with Gasteiger partial charge in [0.15, 0.2) is 0 Å². The Kier molecular flexibility index (Phi) is 3.52. The maximum absolute atomic E-state index is 13.0. The van der Waals surface area contributed by atoms with Gasteiger partial charge >= 0.3 is 11.9 Å². The zero-order valence-corrected chi connectivity index (χ0v) is 14.1. The molecular formula is C17H19NO7. The molecule has 8 heteroatoms. The summed E-state index contributed by atoms with van der Waals surface area (Å²) < 4.78 is 23.7. The highest BCUT2D eigenvalue weighted by Crippen LogP contribution is 2.43. The molecule has 0 bridgehead atoms. The molecule has 1 atom stereocenters. The largest absolute Gasteiger partial charge is 0.457 e. The normalized spacial score (nSPS) is 26.2. The van der Waals surface area contributed by atoms with Crippen molar-refractivity contribution in [2.75, 3.05) is 13.2 Å². The van der Waals surface area contributed by atoms with Crippen LogP contribution in [0.1, 0.15) is 43.5 Å². The average molecular weight is 349 g/mol. The third-order valence-corrected chi connectivity index (χ3v) is 5.14. The lowest BCUT2D eigenvalue weighted by Gasteiger charge is -2.36. The highest BCUT2D eigenvalue weighted by atomic mass is 16.7. The van der Waals surface area contributed by atoms with Crippen molar-refractivity contribution in [1.82, 2.24) is 4.57 Å². The molecule has 134 valence electrons. The molecule has 3 aliphatic rings. The first-order chi connectivity index (χ1) is 11.9. The molecule has 1 aromatic heterocycles. The van der Waals surface area contributed by atoms with E-state index in [0.717, 1.165) is 0 Å². The van der Waals surface area contributed by atoms with Crippen LogP contribution in [0.5, 0.6) is 0 Å². The van der Waals surface area contributed by atoms with E-state index >= 15 is 0 Å². The van der Waals surface area contributed by atoms with Gasteiger partial charge in [-0.3, -0.25) is 9.59 Å². The Bertz CT molecular complexity index is 821. The fraction of sp³-hybridized carbons (Fsp3) is 0.588. The van der Waals surface area contributed by atoms with Gasteiger partial charge in [0.2, 0.25) is 11.4 Å². The van der Waals surface area contributed by atoms with Crippen LogP contribution in [0.4, 0.5) is 0 Å². The van der Waals surface area contributed by atoms with Gasteiger partial charge in [-0.25, -0.2) is 4.79 Å². The Morgan fingerprint density at radius 2 is 2.04 bits per heavy atom. The van der Waals surface area contributed by atoms with Crippen LogP contribution in [-0.2, 0) is 53.1 Å². The number of carbonyl (C=O) groups excluding carboxylic acids is 2. The predicted octanol–water partition coefficient (Wildman–Crippen LogP) is 0.677. The number of cyclic esters (lactones) is 1. The van der Waals surface area contributed by atoms with Crippen LogP contribution in [0.2, 0.25) is 0 Å². The van der Waals surface area contributed by atoms with E-state index in [-0.39, 0.29) is 18.6 Å². The molecule has 0 radical (unpaired) electrons. The molecule has 25 heavy (non-hydrogen) atoms. The summed E-state index contributed by atoms with van der Waals surface area (Å²) in [6.07, 6.45) is 0.683. The number of nitrogens with zero attached hydrogens (tertiary/aromatic N) is 1. The van der Waals surface area contributed by atoms with E-state index in [0.29, 0.717) is 43.0 Å². The van der Waals surface area contributed by atoms with Crippen molar-refractivity contribution in [3.8, 4) is 0 Å². The third kappa shape index (κ3) is 2.10. The molecule has 1 saturated heterocycles. The van der Waals surface area contributed by atoms with Gasteiger partial charge in [0.25, 0.3) is 5.56 Å². The second-order valence-electron chi connectivity index (χ2n) is 6.43. The highest BCUT2D eigenvalue weighted by Gasteiger charge is 2.52. The number of pyridine rings is 1. The van der Waals surface area contributed by atoms with Gasteiger partial charge in [-0.15, -0.1) is 0 Å². The van der Waals surface area contributed by atoms with Crippen molar-refractivity contribution in [2.24, 2.45) is 0 Å². The number of esters is 2. The van der Waals surface area contributed by atoms with Crippen LogP contribution < -0.4 is 5.56 Å². The molecule has 0 aromatic carbocycles. The minimum Gasteiger partial charge on any atom is -0.457 e. The Hall–Kier alpha value is -2.19. The molecule has 0 N–H and O–H groups in total. The van der Waals surface area contributed by atoms with Gasteiger partial charge < -0.3 is 23.5 Å². The van der Waals surface area contributed by atoms with Gasteiger partial charge in [-0.05, 0) is 12.5 Å². The molecule has 0 unspecified atom stereocenters. The Morgan fingerprint density at radius 1 is 1.32 bits per heavy atom. The molecule has 1 aromatic rings. The van der Waals surface area contributed by atoms with Crippen LogP contribution >= 0.6 is 0 Å². The number of fused-ring (bicyclic) bond motifs is 3. The molecule has 4 heterocycles. The molecule has 8 nitrogen and oxygen atoms in total. The summed E-state index contributed by atoms with van der Waals surface area (Å²) in [5.74, 6) is -2.25. The van der Waals surface area contributed by atoms with Crippen LogP contribution in [0.3, 0.4) is 0 Å². The highest BCUT2D eigenvalue weighted by molar-refractivity contribution is 5.86. The number of carbonyl (C=O) groups is 2.